The molecule has 0 saturated heterocycles. The fraction of sp³-hybridized carbons (Fsp3) is 0.615. The molecule has 0 aromatic rings. The monoisotopic (exact) mass is 240 g/mol. The number of carbonyl (C=O) groups is 1. The van der Waals surface area contributed by atoms with Gasteiger partial charge in [-0.1, -0.05) is 17.7 Å². The Kier molecular flexibility index (Phi) is 5.22. The van der Waals surface area contributed by atoms with Gasteiger partial charge in [0.2, 0.25) is 0 Å². The maximum absolute atomic E-state index is 11.4. The number of allylic oxidation sites excluding steroid dienone is 2. The molecule has 17 heavy (non-hydrogen) atoms. The summed E-state index contributed by atoms with van der Waals surface area (Å²) in [5.41, 5.74) is 0.582. The molecule has 4 nitrogen and oxygen atoms in total. The summed E-state index contributed by atoms with van der Waals surface area (Å²) in [7, 11) is 0. The van der Waals surface area contributed by atoms with Crippen LogP contribution >= 0.6 is 0 Å². The molecule has 1 atom stereocenters. The second-order valence-electron chi connectivity index (χ2n) is 4.20. The molecule has 0 N–H and O–H groups in total. The van der Waals surface area contributed by atoms with Crippen molar-refractivity contribution in [2.75, 3.05) is 19.8 Å². The zero-order chi connectivity index (χ0) is 12.7. The van der Waals surface area contributed by atoms with Crippen LogP contribution in [0.25, 0.3) is 0 Å². The molecule has 0 bridgehead atoms. The molecule has 1 aliphatic carbocycles. The zero-order valence-corrected chi connectivity index (χ0v) is 10.7. The molecule has 0 fully saturated rings. The molecule has 0 spiro atoms. The summed E-state index contributed by atoms with van der Waals surface area (Å²) in [6.07, 6.45) is 5.89. The van der Waals surface area contributed by atoms with E-state index in [1.54, 1.807) is 0 Å². The van der Waals surface area contributed by atoms with Crippen LogP contribution in [0.2, 0.25) is 0 Å². The molecule has 0 aromatic heterocycles. The number of rotatable bonds is 5. The highest BCUT2D eigenvalue weighted by molar-refractivity contribution is 5.61. The third-order valence-corrected chi connectivity index (χ3v) is 2.50. The van der Waals surface area contributed by atoms with E-state index in [2.05, 4.69) is 0 Å². The molecule has 1 rings (SSSR count). The highest BCUT2D eigenvalue weighted by atomic mass is 16.7. The standard InChI is InChI=1S/C13H20O4/c1-4-15-9-10-16-12(14)17-13(3)7-5-11(2)6-8-13/h5-7H,4,8-10H2,1-3H3. The summed E-state index contributed by atoms with van der Waals surface area (Å²) >= 11 is 0. The van der Waals surface area contributed by atoms with Crippen molar-refractivity contribution in [1.29, 1.82) is 0 Å². The summed E-state index contributed by atoms with van der Waals surface area (Å²) in [5, 5.41) is 0. The van der Waals surface area contributed by atoms with Crippen molar-refractivity contribution in [3.05, 3.63) is 23.8 Å². The molecule has 96 valence electrons. The van der Waals surface area contributed by atoms with Crippen molar-refractivity contribution >= 4 is 6.16 Å². The predicted octanol–water partition coefficient (Wildman–Crippen LogP) is 2.84. The lowest BCUT2D eigenvalue weighted by Gasteiger charge is -2.26. The molecule has 0 heterocycles. The lowest BCUT2D eigenvalue weighted by Crippen LogP contribution is -2.31. The number of hydrogen-bond acceptors (Lipinski definition) is 4. The summed E-state index contributed by atoms with van der Waals surface area (Å²) in [6, 6.07) is 0. The van der Waals surface area contributed by atoms with Crippen LogP contribution in [0.1, 0.15) is 27.2 Å². The second-order valence-corrected chi connectivity index (χ2v) is 4.20. The van der Waals surface area contributed by atoms with Crippen LogP contribution in [0.4, 0.5) is 4.79 Å². The van der Waals surface area contributed by atoms with Crippen LogP contribution in [-0.4, -0.2) is 31.6 Å². The van der Waals surface area contributed by atoms with Gasteiger partial charge in [-0.2, -0.15) is 0 Å². The van der Waals surface area contributed by atoms with Gasteiger partial charge >= 0.3 is 6.16 Å². The first kappa shape index (κ1) is 13.8. The minimum Gasteiger partial charge on any atom is -0.432 e. The van der Waals surface area contributed by atoms with E-state index in [1.165, 1.54) is 5.57 Å². The van der Waals surface area contributed by atoms with Crippen molar-refractivity contribution < 1.29 is 19.0 Å². The fourth-order valence-electron chi connectivity index (χ4n) is 1.43. The zero-order valence-electron chi connectivity index (χ0n) is 10.7. The van der Waals surface area contributed by atoms with Crippen molar-refractivity contribution in [3.8, 4) is 0 Å². The average Bonchev–Trinajstić information content (AvgIpc) is 2.29. The summed E-state index contributed by atoms with van der Waals surface area (Å²) in [6.45, 7) is 7.00. The molecule has 0 saturated carbocycles. The SMILES string of the molecule is CCOCCOC(=O)OC1(C)C=CC(C)=CC1. The first-order valence-corrected chi connectivity index (χ1v) is 5.85. The minimum atomic E-state index is -0.648. The summed E-state index contributed by atoms with van der Waals surface area (Å²) < 4.78 is 15.2. The highest BCUT2D eigenvalue weighted by Crippen LogP contribution is 2.24. The van der Waals surface area contributed by atoms with Crippen molar-refractivity contribution in [2.45, 2.75) is 32.8 Å². The van der Waals surface area contributed by atoms with Crippen LogP contribution < -0.4 is 0 Å². The first-order valence-electron chi connectivity index (χ1n) is 5.85. The normalized spacial score (nSPS) is 23.1. The molecule has 0 radical (unpaired) electrons. The number of hydrogen-bond donors (Lipinski definition) is 0. The Bertz CT molecular complexity index is 319. The van der Waals surface area contributed by atoms with Gasteiger partial charge in [0.05, 0.1) is 6.61 Å². The van der Waals surface area contributed by atoms with Crippen molar-refractivity contribution in [2.24, 2.45) is 0 Å². The van der Waals surface area contributed by atoms with Crippen LogP contribution in [-0.2, 0) is 14.2 Å². The predicted molar refractivity (Wildman–Crippen MR) is 64.8 cm³/mol. The van der Waals surface area contributed by atoms with Gasteiger partial charge in [-0.3, -0.25) is 0 Å². The number of carbonyl (C=O) groups excluding carboxylic acids is 1. The van der Waals surface area contributed by atoms with E-state index >= 15 is 0 Å². The molecule has 0 aliphatic heterocycles. The molecule has 4 heteroatoms. The van der Waals surface area contributed by atoms with Crippen molar-refractivity contribution in [1.82, 2.24) is 0 Å². The Morgan fingerprint density at radius 3 is 2.82 bits per heavy atom. The van der Waals surface area contributed by atoms with Gasteiger partial charge in [-0.05, 0) is 26.8 Å². The summed E-state index contributed by atoms with van der Waals surface area (Å²) in [5.74, 6) is 0. The highest BCUT2D eigenvalue weighted by Gasteiger charge is 2.27. The van der Waals surface area contributed by atoms with Crippen molar-refractivity contribution in [3.63, 3.8) is 0 Å². The van der Waals surface area contributed by atoms with Crippen LogP contribution in [0.15, 0.2) is 23.8 Å². The average molecular weight is 240 g/mol. The lowest BCUT2D eigenvalue weighted by molar-refractivity contribution is -0.0132. The Morgan fingerprint density at radius 2 is 2.24 bits per heavy atom. The van der Waals surface area contributed by atoms with Crippen LogP contribution in [0.5, 0.6) is 0 Å². The number of ether oxygens (including phenoxy) is 3. The van der Waals surface area contributed by atoms with E-state index in [-0.39, 0.29) is 6.61 Å². The van der Waals surface area contributed by atoms with E-state index < -0.39 is 11.8 Å². The molecule has 0 aromatic carbocycles. The van der Waals surface area contributed by atoms with Gasteiger partial charge in [0.25, 0.3) is 0 Å². The van der Waals surface area contributed by atoms with E-state index in [0.29, 0.717) is 19.6 Å². The minimum absolute atomic E-state index is 0.224. The van der Waals surface area contributed by atoms with Gasteiger partial charge < -0.3 is 14.2 Å². The Morgan fingerprint density at radius 1 is 1.47 bits per heavy atom. The largest absolute Gasteiger partial charge is 0.509 e. The topological polar surface area (TPSA) is 44.8 Å². The van der Waals surface area contributed by atoms with E-state index in [1.807, 2.05) is 39.0 Å². The van der Waals surface area contributed by atoms with E-state index in [0.717, 1.165) is 0 Å². The molecular weight excluding hydrogens is 220 g/mol. The molecule has 1 aliphatic rings. The second kappa shape index (κ2) is 6.45. The molecule has 1 unspecified atom stereocenters. The van der Waals surface area contributed by atoms with E-state index in [4.69, 9.17) is 14.2 Å². The smallest absolute Gasteiger partial charge is 0.432 e. The van der Waals surface area contributed by atoms with Crippen LogP contribution in [0.3, 0.4) is 0 Å². The quantitative estimate of drug-likeness (QED) is 0.547. The van der Waals surface area contributed by atoms with E-state index in [9.17, 15) is 4.79 Å². The Balaban J connectivity index is 2.29. The van der Waals surface area contributed by atoms with Gasteiger partial charge in [0, 0.05) is 13.0 Å². The first-order chi connectivity index (χ1) is 8.06. The van der Waals surface area contributed by atoms with Crippen LogP contribution in [0, 0.1) is 0 Å². The summed E-state index contributed by atoms with van der Waals surface area (Å²) in [4.78, 5) is 11.4. The Labute approximate surface area is 102 Å². The maximum atomic E-state index is 11.4. The maximum Gasteiger partial charge on any atom is 0.509 e. The Hall–Kier alpha value is -1.29. The van der Waals surface area contributed by atoms with Gasteiger partial charge in [0.1, 0.15) is 12.2 Å². The lowest BCUT2D eigenvalue weighted by atomic mass is 9.94. The van der Waals surface area contributed by atoms with Gasteiger partial charge in [-0.25, -0.2) is 4.79 Å². The fourth-order valence-corrected chi connectivity index (χ4v) is 1.43. The third kappa shape index (κ3) is 5.04. The molecule has 0 amide bonds. The van der Waals surface area contributed by atoms with Gasteiger partial charge in [-0.15, -0.1) is 0 Å². The molecular formula is C13H20O4. The third-order valence-electron chi connectivity index (χ3n) is 2.50. The van der Waals surface area contributed by atoms with Gasteiger partial charge in [0.15, 0.2) is 0 Å².